The lowest BCUT2D eigenvalue weighted by Gasteiger charge is -2.34. The first-order valence-electron chi connectivity index (χ1n) is 10.9. The number of hydrogen-bond acceptors (Lipinski definition) is 2. The number of nitrogens with zero attached hydrogens (tertiary/aromatic N) is 1. The maximum atomic E-state index is 3.45. The number of fused-ring (bicyclic) bond motifs is 3. The van der Waals surface area contributed by atoms with E-state index in [2.05, 4.69) is 127 Å². The second-order valence-corrected chi connectivity index (χ2v) is 8.69. The third kappa shape index (κ3) is 3.48. The molecule has 1 heterocycles. The molecule has 0 fully saturated rings. The predicted octanol–water partition coefficient (Wildman–Crippen LogP) is 6.78. The molecule has 0 amide bonds. The zero-order valence-corrected chi connectivity index (χ0v) is 18.1. The van der Waals surface area contributed by atoms with Crippen LogP contribution < -0.4 is 10.2 Å². The summed E-state index contributed by atoms with van der Waals surface area (Å²) in [4.78, 5) is 2.44. The molecular weight excluding hydrogens is 376 g/mol. The topological polar surface area (TPSA) is 15.3 Å². The van der Waals surface area contributed by atoms with E-state index >= 15 is 0 Å². The van der Waals surface area contributed by atoms with Gasteiger partial charge in [-0.25, -0.2) is 0 Å². The van der Waals surface area contributed by atoms with Crippen molar-refractivity contribution in [2.75, 3.05) is 17.3 Å². The van der Waals surface area contributed by atoms with Crippen molar-refractivity contribution >= 4 is 22.1 Å². The average Bonchev–Trinajstić information content (AvgIpc) is 3.02. The molecular formula is C29H28N2. The van der Waals surface area contributed by atoms with Gasteiger partial charge in [0.15, 0.2) is 0 Å². The second-order valence-electron chi connectivity index (χ2n) is 8.69. The summed E-state index contributed by atoms with van der Waals surface area (Å²) in [6.07, 6.45) is 5.41. The molecule has 1 aliphatic heterocycles. The van der Waals surface area contributed by atoms with Crippen LogP contribution in [0.3, 0.4) is 0 Å². The average molecular weight is 405 g/mol. The molecule has 2 atom stereocenters. The van der Waals surface area contributed by atoms with Crippen LogP contribution in [0.4, 0.5) is 11.4 Å². The second kappa shape index (κ2) is 7.96. The highest BCUT2D eigenvalue weighted by Crippen LogP contribution is 2.50. The predicted molar refractivity (Wildman–Crippen MR) is 133 cm³/mol. The lowest BCUT2D eigenvalue weighted by atomic mass is 9.72. The van der Waals surface area contributed by atoms with Gasteiger partial charge in [-0.05, 0) is 58.8 Å². The van der Waals surface area contributed by atoms with E-state index in [4.69, 9.17) is 0 Å². The molecule has 31 heavy (non-hydrogen) atoms. The summed E-state index contributed by atoms with van der Waals surface area (Å²) < 4.78 is 0. The maximum absolute atomic E-state index is 3.45. The summed E-state index contributed by atoms with van der Waals surface area (Å²) in [7, 11) is 2.22. The monoisotopic (exact) mass is 404 g/mol. The Hall–Kier alpha value is -3.52. The maximum Gasteiger partial charge on any atom is 0.0585 e. The molecule has 4 aromatic rings. The van der Waals surface area contributed by atoms with Crippen molar-refractivity contribution in [2.24, 2.45) is 0 Å². The van der Waals surface area contributed by atoms with Crippen molar-refractivity contribution in [2.45, 2.75) is 24.8 Å². The van der Waals surface area contributed by atoms with Crippen LogP contribution in [0.15, 0.2) is 109 Å². The molecule has 1 N–H and O–H groups in total. The molecule has 0 aromatic heterocycles. The lowest BCUT2D eigenvalue weighted by molar-refractivity contribution is 0.441. The number of hydrogen-bond donors (Lipinski definition) is 1. The fraction of sp³-hybridized carbons (Fsp3) is 0.172. The van der Waals surface area contributed by atoms with E-state index in [1.807, 2.05) is 6.07 Å². The molecule has 2 unspecified atom stereocenters. The summed E-state index contributed by atoms with van der Waals surface area (Å²) in [6.45, 7) is 2.42. The minimum Gasteiger partial charge on any atom is -0.367 e. The summed E-state index contributed by atoms with van der Waals surface area (Å²) in [5.74, 6) is 0. The number of benzene rings is 4. The normalized spacial score (nSPS) is 20.3. The van der Waals surface area contributed by atoms with Crippen LogP contribution in [0.5, 0.6) is 0 Å². The zero-order chi connectivity index (χ0) is 21.3. The van der Waals surface area contributed by atoms with Gasteiger partial charge in [-0.15, -0.1) is 0 Å². The molecule has 2 heteroatoms. The van der Waals surface area contributed by atoms with Crippen LogP contribution in [0, 0.1) is 0 Å². The van der Waals surface area contributed by atoms with Crippen LogP contribution >= 0.6 is 0 Å². The Labute approximate surface area is 184 Å². The minimum absolute atomic E-state index is 0.0544. The molecule has 154 valence electrons. The van der Waals surface area contributed by atoms with Crippen molar-refractivity contribution in [3.63, 3.8) is 0 Å². The van der Waals surface area contributed by atoms with Crippen LogP contribution in [-0.4, -0.2) is 13.1 Å². The van der Waals surface area contributed by atoms with E-state index in [1.165, 1.54) is 27.6 Å². The first-order valence-corrected chi connectivity index (χ1v) is 10.9. The van der Waals surface area contributed by atoms with Crippen LogP contribution in [-0.2, 0) is 11.8 Å². The summed E-state index contributed by atoms with van der Waals surface area (Å²) in [6, 6.07) is 34.8. The first kappa shape index (κ1) is 19.4. The zero-order valence-electron chi connectivity index (χ0n) is 18.1. The van der Waals surface area contributed by atoms with E-state index in [1.54, 1.807) is 0 Å². The molecule has 5 rings (SSSR count). The first-order chi connectivity index (χ1) is 15.2. The van der Waals surface area contributed by atoms with Crippen molar-refractivity contribution in [1.29, 1.82) is 0 Å². The molecule has 0 aliphatic carbocycles. The van der Waals surface area contributed by atoms with Gasteiger partial charge in [0.1, 0.15) is 0 Å². The quantitative estimate of drug-likeness (QED) is 0.394. The number of rotatable bonds is 5. The Kier molecular flexibility index (Phi) is 4.99. The molecule has 2 nitrogen and oxygen atoms in total. The van der Waals surface area contributed by atoms with Gasteiger partial charge in [0.2, 0.25) is 0 Å². The van der Waals surface area contributed by atoms with Gasteiger partial charge in [-0.3, -0.25) is 0 Å². The smallest absolute Gasteiger partial charge is 0.0585 e. The van der Waals surface area contributed by atoms with Gasteiger partial charge in [0, 0.05) is 23.8 Å². The van der Waals surface area contributed by atoms with E-state index in [9.17, 15) is 0 Å². The van der Waals surface area contributed by atoms with Crippen LogP contribution in [0.1, 0.15) is 18.1 Å². The highest BCUT2D eigenvalue weighted by atomic mass is 15.2. The molecule has 0 saturated carbocycles. The molecule has 0 bridgehead atoms. The number of para-hydroxylation sites is 1. The lowest BCUT2D eigenvalue weighted by Crippen LogP contribution is -2.41. The van der Waals surface area contributed by atoms with E-state index in [0.29, 0.717) is 0 Å². The minimum atomic E-state index is -0.0544. The molecule has 0 radical (unpaired) electrons. The van der Waals surface area contributed by atoms with Gasteiger partial charge in [0.25, 0.3) is 0 Å². The molecule has 1 aliphatic rings. The van der Waals surface area contributed by atoms with Crippen LogP contribution in [0.2, 0.25) is 0 Å². The Morgan fingerprint density at radius 2 is 1.52 bits per heavy atom. The third-order valence-corrected chi connectivity index (χ3v) is 6.64. The van der Waals surface area contributed by atoms with Gasteiger partial charge in [-0.1, -0.05) is 85.8 Å². The number of anilines is 2. The SMILES string of the molecule is CN1c2ccc3ccccc3c2C(C)(Cc2ccccc2)C1/C=C/Nc1ccccc1. The van der Waals surface area contributed by atoms with Crippen LogP contribution in [0.25, 0.3) is 10.8 Å². The summed E-state index contributed by atoms with van der Waals surface area (Å²) in [5, 5.41) is 6.12. The van der Waals surface area contributed by atoms with E-state index < -0.39 is 0 Å². The van der Waals surface area contributed by atoms with Crippen molar-refractivity contribution in [3.8, 4) is 0 Å². The van der Waals surface area contributed by atoms with Gasteiger partial charge >= 0.3 is 0 Å². The Morgan fingerprint density at radius 3 is 2.29 bits per heavy atom. The fourth-order valence-electron chi connectivity index (χ4n) is 5.20. The Morgan fingerprint density at radius 1 is 0.839 bits per heavy atom. The highest BCUT2D eigenvalue weighted by Gasteiger charge is 2.46. The Bertz CT molecular complexity index is 1210. The molecule has 0 spiro atoms. The van der Waals surface area contributed by atoms with Gasteiger partial charge < -0.3 is 10.2 Å². The summed E-state index contributed by atoms with van der Waals surface area (Å²) in [5.41, 5.74) is 5.19. The van der Waals surface area contributed by atoms with E-state index in [0.717, 1.165) is 12.1 Å². The molecule has 0 saturated heterocycles. The fourth-order valence-corrected chi connectivity index (χ4v) is 5.20. The van der Waals surface area contributed by atoms with E-state index in [-0.39, 0.29) is 11.5 Å². The summed E-state index contributed by atoms with van der Waals surface area (Å²) >= 11 is 0. The van der Waals surface area contributed by atoms with Crippen molar-refractivity contribution in [1.82, 2.24) is 0 Å². The van der Waals surface area contributed by atoms with Crippen molar-refractivity contribution < 1.29 is 0 Å². The number of nitrogens with one attached hydrogen (secondary N) is 1. The largest absolute Gasteiger partial charge is 0.367 e. The standard InChI is InChI=1S/C29H28N2/c1-29(21-22-11-5-3-6-12-22)27(19-20-30-24-14-7-4-8-15-24)31(2)26-18-17-23-13-9-10-16-25(23)28(26)29/h3-20,27,30H,21H2,1-2H3/b20-19+. The Balaban J connectivity index is 1.59. The van der Waals surface area contributed by atoms with Crippen molar-refractivity contribution in [3.05, 3.63) is 120 Å². The number of likely N-dealkylation sites (N-methyl/N-ethyl adjacent to an activating group) is 1. The van der Waals surface area contributed by atoms with Gasteiger partial charge in [-0.2, -0.15) is 0 Å². The van der Waals surface area contributed by atoms with Gasteiger partial charge in [0.05, 0.1) is 6.04 Å². The molecule has 4 aromatic carbocycles. The third-order valence-electron chi connectivity index (χ3n) is 6.64. The highest BCUT2D eigenvalue weighted by molar-refractivity contribution is 5.93.